The van der Waals surface area contributed by atoms with Crippen molar-refractivity contribution in [2.45, 2.75) is 18.9 Å². The van der Waals surface area contributed by atoms with Gasteiger partial charge in [0, 0.05) is 6.42 Å². The van der Waals surface area contributed by atoms with Gasteiger partial charge in [-0.1, -0.05) is 0 Å². The van der Waals surface area contributed by atoms with E-state index in [9.17, 15) is 14.4 Å². The molecule has 0 saturated carbocycles. The van der Waals surface area contributed by atoms with Crippen LogP contribution in [0.2, 0.25) is 0 Å². The number of imide groups is 1. The quantitative estimate of drug-likeness (QED) is 0.735. The highest BCUT2D eigenvalue weighted by atomic mass is 16.2. The summed E-state index contributed by atoms with van der Waals surface area (Å²) in [6.45, 7) is 0.819. The molecule has 3 rings (SSSR count). The Bertz CT molecular complexity index is 561. The highest BCUT2D eigenvalue weighted by molar-refractivity contribution is 6.01. The van der Waals surface area contributed by atoms with Gasteiger partial charge < -0.3 is 10.2 Å². The average molecular weight is 274 g/mol. The summed E-state index contributed by atoms with van der Waals surface area (Å²) in [6.07, 6.45) is 2.44. The first-order valence-electron chi connectivity index (χ1n) is 6.45. The molecule has 104 valence electrons. The third-order valence-electron chi connectivity index (χ3n) is 3.39. The minimum Gasteiger partial charge on any atom is -0.372 e. The second-order valence-corrected chi connectivity index (χ2v) is 4.95. The molecule has 7 heteroatoms. The van der Waals surface area contributed by atoms with Gasteiger partial charge in [-0.3, -0.25) is 19.7 Å². The Kier molecular flexibility index (Phi) is 3.09. The summed E-state index contributed by atoms with van der Waals surface area (Å²) in [4.78, 5) is 39.7. The number of carbonyl (C=O) groups excluding carboxylic acids is 3. The second-order valence-electron chi connectivity index (χ2n) is 4.95. The van der Waals surface area contributed by atoms with Crippen molar-refractivity contribution in [2.24, 2.45) is 0 Å². The molecule has 0 bridgehead atoms. The number of anilines is 2. The summed E-state index contributed by atoms with van der Waals surface area (Å²) < 4.78 is 0. The molecule has 0 radical (unpaired) electrons. The van der Waals surface area contributed by atoms with Crippen LogP contribution in [0.3, 0.4) is 0 Å². The minimum absolute atomic E-state index is 0.206. The van der Waals surface area contributed by atoms with Crippen LogP contribution in [0.1, 0.15) is 12.8 Å². The molecule has 2 saturated heterocycles. The van der Waals surface area contributed by atoms with Crippen molar-refractivity contribution in [1.29, 1.82) is 0 Å². The summed E-state index contributed by atoms with van der Waals surface area (Å²) in [5, 5.41) is 5.35. The van der Waals surface area contributed by atoms with Crippen molar-refractivity contribution in [3.8, 4) is 0 Å². The zero-order valence-electron chi connectivity index (χ0n) is 10.8. The van der Waals surface area contributed by atoms with Crippen molar-refractivity contribution in [3.05, 3.63) is 18.3 Å². The molecule has 0 aliphatic carbocycles. The molecule has 2 amide bonds. The maximum Gasteiger partial charge on any atom is 0.249 e. The Hall–Kier alpha value is -2.44. The molecule has 7 nitrogen and oxygen atoms in total. The Morgan fingerprint density at radius 2 is 2.05 bits per heavy atom. The Balaban J connectivity index is 1.62. The predicted molar refractivity (Wildman–Crippen MR) is 71.3 cm³/mol. The molecular weight excluding hydrogens is 260 g/mol. The van der Waals surface area contributed by atoms with Crippen molar-refractivity contribution < 1.29 is 14.4 Å². The number of rotatable bonds is 3. The molecule has 1 aromatic heterocycles. The smallest absolute Gasteiger partial charge is 0.249 e. The number of Topliss-reactive ketones (excluding diaryl/α,β-unsaturated/α-hetero) is 1. The van der Waals surface area contributed by atoms with E-state index in [2.05, 4.69) is 15.6 Å². The van der Waals surface area contributed by atoms with Gasteiger partial charge in [0.15, 0.2) is 5.78 Å². The van der Waals surface area contributed by atoms with Gasteiger partial charge in [-0.15, -0.1) is 0 Å². The molecule has 0 spiro atoms. The molecule has 1 aromatic rings. The van der Waals surface area contributed by atoms with E-state index in [1.54, 1.807) is 12.3 Å². The molecule has 3 heterocycles. The molecular formula is C13H14N4O3. The molecule has 1 unspecified atom stereocenters. The zero-order chi connectivity index (χ0) is 14.1. The van der Waals surface area contributed by atoms with Crippen molar-refractivity contribution >= 4 is 29.1 Å². The monoisotopic (exact) mass is 274 g/mol. The van der Waals surface area contributed by atoms with Gasteiger partial charge in [0.1, 0.15) is 11.9 Å². The molecule has 1 atom stereocenters. The van der Waals surface area contributed by atoms with E-state index < -0.39 is 6.04 Å². The number of ketones is 1. The lowest BCUT2D eigenvalue weighted by atomic mass is 10.1. The predicted octanol–water partition coefficient (Wildman–Crippen LogP) is -0.312. The van der Waals surface area contributed by atoms with E-state index in [1.165, 1.54) is 0 Å². The summed E-state index contributed by atoms with van der Waals surface area (Å²) in [5.41, 5.74) is 0.718. The van der Waals surface area contributed by atoms with Crippen LogP contribution in [0.4, 0.5) is 11.5 Å². The lowest BCUT2D eigenvalue weighted by molar-refractivity contribution is -0.133. The first-order chi connectivity index (χ1) is 9.61. The fourth-order valence-electron chi connectivity index (χ4n) is 2.23. The summed E-state index contributed by atoms with van der Waals surface area (Å²) in [5.74, 6) is 0.415. The lowest BCUT2D eigenvalue weighted by Crippen LogP contribution is -2.48. The lowest BCUT2D eigenvalue weighted by Gasteiger charge is -2.30. The number of nitrogens with one attached hydrogen (secondary N) is 2. The van der Waals surface area contributed by atoms with Gasteiger partial charge in [-0.25, -0.2) is 4.98 Å². The number of nitrogens with zero attached hydrogens (tertiary/aromatic N) is 2. The van der Waals surface area contributed by atoms with Gasteiger partial charge in [-0.2, -0.15) is 0 Å². The maximum atomic E-state index is 11.6. The zero-order valence-corrected chi connectivity index (χ0v) is 10.8. The largest absolute Gasteiger partial charge is 0.372 e. The number of carbonyl (C=O) groups is 3. The standard InChI is InChI=1S/C13H14N4O3/c18-9-6-17(7-9)11-3-1-8(5-14-11)15-10-2-4-12(19)16-13(10)20/h1,3,5,10,15H,2,4,6-7H2,(H,16,19,20). The van der Waals surface area contributed by atoms with E-state index >= 15 is 0 Å². The van der Waals surface area contributed by atoms with Gasteiger partial charge >= 0.3 is 0 Å². The number of aromatic nitrogens is 1. The van der Waals surface area contributed by atoms with Crippen LogP contribution >= 0.6 is 0 Å². The van der Waals surface area contributed by atoms with Gasteiger partial charge in [-0.05, 0) is 18.6 Å². The summed E-state index contributed by atoms with van der Waals surface area (Å²) in [7, 11) is 0. The summed E-state index contributed by atoms with van der Waals surface area (Å²) >= 11 is 0. The van der Waals surface area contributed by atoms with E-state index in [0.717, 1.165) is 11.5 Å². The van der Waals surface area contributed by atoms with E-state index in [-0.39, 0.29) is 17.6 Å². The van der Waals surface area contributed by atoms with Crippen molar-refractivity contribution in [3.63, 3.8) is 0 Å². The summed E-state index contributed by atoms with van der Waals surface area (Å²) in [6, 6.07) is 3.21. The topological polar surface area (TPSA) is 91.4 Å². The SMILES string of the molecule is O=C1CN(c2ccc(NC3CCC(=O)NC3=O)cn2)C1. The molecule has 2 N–H and O–H groups in total. The van der Waals surface area contributed by atoms with Crippen molar-refractivity contribution in [1.82, 2.24) is 10.3 Å². The fraction of sp³-hybridized carbons (Fsp3) is 0.385. The number of amides is 2. The van der Waals surface area contributed by atoms with E-state index in [4.69, 9.17) is 0 Å². The Morgan fingerprint density at radius 3 is 2.65 bits per heavy atom. The van der Waals surface area contributed by atoms with Gasteiger partial charge in [0.25, 0.3) is 0 Å². The highest BCUT2D eigenvalue weighted by Crippen LogP contribution is 2.19. The normalized spacial score (nSPS) is 22.3. The van der Waals surface area contributed by atoms with Crippen LogP contribution in [0.15, 0.2) is 18.3 Å². The fourth-order valence-corrected chi connectivity index (χ4v) is 2.23. The molecule has 20 heavy (non-hydrogen) atoms. The van der Waals surface area contributed by atoms with Crippen LogP contribution < -0.4 is 15.5 Å². The van der Waals surface area contributed by atoms with Gasteiger partial charge in [0.2, 0.25) is 11.8 Å². The number of pyridine rings is 1. The van der Waals surface area contributed by atoms with Crippen LogP contribution in [0.5, 0.6) is 0 Å². The van der Waals surface area contributed by atoms with Crippen LogP contribution in [0, 0.1) is 0 Å². The third-order valence-corrected chi connectivity index (χ3v) is 3.39. The number of hydrogen-bond acceptors (Lipinski definition) is 6. The molecule has 2 aliphatic heterocycles. The van der Waals surface area contributed by atoms with Crippen LogP contribution in [0.25, 0.3) is 0 Å². The number of piperidine rings is 1. The van der Waals surface area contributed by atoms with Gasteiger partial charge in [0.05, 0.1) is 25.0 Å². The minimum atomic E-state index is -0.411. The first kappa shape index (κ1) is 12.6. The maximum absolute atomic E-state index is 11.6. The molecule has 2 fully saturated rings. The Morgan fingerprint density at radius 1 is 1.25 bits per heavy atom. The second kappa shape index (κ2) is 4.92. The van der Waals surface area contributed by atoms with E-state index in [0.29, 0.717) is 25.9 Å². The first-order valence-corrected chi connectivity index (χ1v) is 6.45. The number of hydrogen-bond donors (Lipinski definition) is 2. The molecule has 2 aliphatic rings. The highest BCUT2D eigenvalue weighted by Gasteiger charge is 2.27. The average Bonchev–Trinajstić information content (AvgIpc) is 2.39. The van der Waals surface area contributed by atoms with Crippen LogP contribution in [-0.4, -0.2) is 41.7 Å². The van der Waals surface area contributed by atoms with Crippen LogP contribution in [-0.2, 0) is 14.4 Å². The van der Waals surface area contributed by atoms with Crippen molar-refractivity contribution in [2.75, 3.05) is 23.3 Å². The molecule has 0 aromatic carbocycles. The Labute approximate surface area is 115 Å². The third kappa shape index (κ3) is 2.47. The van der Waals surface area contributed by atoms with E-state index in [1.807, 2.05) is 11.0 Å².